The van der Waals surface area contributed by atoms with E-state index < -0.39 is 10.0 Å². The highest BCUT2D eigenvalue weighted by molar-refractivity contribution is 14.1. The Morgan fingerprint density at radius 3 is 2.05 bits per heavy atom. The predicted molar refractivity (Wildman–Crippen MR) is 93.0 cm³/mol. The molecular weight excluding hydrogens is 405 g/mol. The molecule has 0 radical (unpaired) electrons. The topological polar surface area (TPSA) is 37.4 Å². The highest BCUT2D eigenvalue weighted by atomic mass is 127. The second-order valence-electron chi connectivity index (χ2n) is 4.12. The Bertz CT molecular complexity index is 682. The van der Waals surface area contributed by atoms with E-state index in [1.807, 2.05) is 30.5 Å². The van der Waals surface area contributed by atoms with Gasteiger partial charge in [-0.05, 0) is 77.4 Å². The van der Waals surface area contributed by atoms with Crippen molar-refractivity contribution in [3.05, 3.63) is 52.1 Å². The largest absolute Gasteiger partial charge is 0.269 e. The molecular formula is C14H14INO2S2. The van der Waals surface area contributed by atoms with E-state index in [9.17, 15) is 8.42 Å². The fourth-order valence-electron chi connectivity index (χ4n) is 1.70. The molecule has 0 saturated heterocycles. The Morgan fingerprint density at radius 1 is 1.00 bits per heavy atom. The highest BCUT2D eigenvalue weighted by Gasteiger charge is 2.20. The number of halogens is 1. The van der Waals surface area contributed by atoms with E-state index in [-0.39, 0.29) is 0 Å². The number of sulfonamides is 1. The first-order chi connectivity index (χ1) is 9.45. The van der Waals surface area contributed by atoms with Gasteiger partial charge < -0.3 is 0 Å². The first-order valence-corrected chi connectivity index (χ1v) is 9.58. The summed E-state index contributed by atoms with van der Waals surface area (Å²) >= 11 is 3.78. The first-order valence-electron chi connectivity index (χ1n) is 5.83. The molecule has 0 aliphatic heterocycles. The zero-order chi connectivity index (χ0) is 14.8. The first kappa shape index (κ1) is 15.7. The predicted octanol–water partition coefficient (Wildman–Crippen LogP) is 3.84. The minimum Gasteiger partial charge on any atom is -0.269 e. The summed E-state index contributed by atoms with van der Waals surface area (Å²) in [6.45, 7) is 0. The maximum absolute atomic E-state index is 12.5. The molecule has 2 aromatic rings. The summed E-state index contributed by atoms with van der Waals surface area (Å²) in [6.07, 6.45) is 1.96. The van der Waals surface area contributed by atoms with Crippen LogP contribution in [-0.2, 0) is 10.0 Å². The number of rotatable bonds is 4. The van der Waals surface area contributed by atoms with Gasteiger partial charge in [0, 0.05) is 15.5 Å². The van der Waals surface area contributed by atoms with Crippen molar-refractivity contribution < 1.29 is 8.42 Å². The second-order valence-corrected chi connectivity index (χ2v) is 8.22. The third kappa shape index (κ3) is 3.29. The fraction of sp³-hybridized carbons (Fsp3) is 0.143. The van der Waals surface area contributed by atoms with Crippen LogP contribution in [0.25, 0.3) is 0 Å². The van der Waals surface area contributed by atoms with E-state index in [0.717, 1.165) is 8.47 Å². The molecule has 20 heavy (non-hydrogen) atoms. The molecule has 0 N–H and O–H groups in total. The van der Waals surface area contributed by atoms with E-state index in [1.54, 1.807) is 43.1 Å². The van der Waals surface area contributed by atoms with Crippen LogP contribution in [0.15, 0.2) is 58.3 Å². The Morgan fingerprint density at radius 2 is 1.55 bits per heavy atom. The Balaban J connectivity index is 2.35. The van der Waals surface area contributed by atoms with Crippen molar-refractivity contribution in [2.75, 3.05) is 17.6 Å². The van der Waals surface area contributed by atoms with Gasteiger partial charge in [0.1, 0.15) is 0 Å². The molecule has 2 rings (SSSR count). The zero-order valence-corrected chi connectivity index (χ0v) is 14.9. The summed E-state index contributed by atoms with van der Waals surface area (Å²) in [4.78, 5) is 1.34. The third-order valence-electron chi connectivity index (χ3n) is 2.91. The lowest BCUT2D eigenvalue weighted by Gasteiger charge is -2.19. The molecule has 0 bridgehead atoms. The van der Waals surface area contributed by atoms with Gasteiger partial charge in [0.15, 0.2) is 0 Å². The van der Waals surface area contributed by atoms with Gasteiger partial charge in [-0.2, -0.15) is 0 Å². The number of hydrogen-bond acceptors (Lipinski definition) is 3. The van der Waals surface area contributed by atoms with Gasteiger partial charge in [0.25, 0.3) is 10.0 Å². The van der Waals surface area contributed by atoms with Crippen LogP contribution in [0.2, 0.25) is 0 Å². The lowest BCUT2D eigenvalue weighted by Crippen LogP contribution is -2.26. The lowest BCUT2D eigenvalue weighted by atomic mass is 10.3. The number of hydrogen-bond donors (Lipinski definition) is 0. The maximum atomic E-state index is 12.5. The number of benzene rings is 2. The van der Waals surface area contributed by atoms with Crippen LogP contribution < -0.4 is 4.31 Å². The van der Waals surface area contributed by atoms with Gasteiger partial charge in [-0.3, -0.25) is 4.31 Å². The van der Waals surface area contributed by atoms with Gasteiger partial charge in [-0.25, -0.2) is 8.42 Å². The van der Waals surface area contributed by atoms with Crippen LogP contribution in [0.1, 0.15) is 0 Å². The summed E-state index contributed by atoms with van der Waals surface area (Å²) in [5.74, 6) is 0. The molecule has 0 atom stereocenters. The van der Waals surface area contributed by atoms with Gasteiger partial charge in [-0.1, -0.05) is 0 Å². The number of nitrogens with zero attached hydrogens (tertiary/aromatic N) is 1. The van der Waals surface area contributed by atoms with Crippen molar-refractivity contribution in [2.45, 2.75) is 9.79 Å². The summed E-state index contributed by atoms with van der Waals surface area (Å²) in [5, 5.41) is 0. The van der Waals surface area contributed by atoms with Gasteiger partial charge in [0.2, 0.25) is 0 Å². The molecule has 2 aromatic carbocycles. The Kier molecular flexibility index (Phi) is 4.98. The van der Waals surface area contributed by atoms with Gasteiger partial charge in [-0.15, -0.1) is 11.8 Å². The summed E-state index contributed by atoms with van der Waals surface area (Å²) < 4.78 is 27.4. The number of anilines is 1. The standard InChI is InChI=1S/C14H14INO2S2/c1-16(12-5-3-11(15)4-6-12)20(17,18)14-9-7-13(19-2)8-10-14/h3-10H,1-2H3. The van der Waals surface area contributed by atoms with Crippen LogP contribution in [0.4, 0.5) is 5.69 Å². The molecule has 0 aliphatic rings. The fourth-order valence-corrected chi connectivity index (χ4v) is 3.66. The van der Waals surface area contributed by atoms with Crippen molar-refractivity contribution in [3.63, 3.8) is 0 Å². The molecule has 0 heterocycles. The molecule has 0 aliphatic carbocycles. The third-order valence-corrected chi connectivity index (χ3v) is 6.17. The van der Waals surface area contributed by atoms with E-state index >= 15 is 0 Å². The Labute approximate surface area is 137 Å². The molecule has 0 spiro atoms. The van der Waals surface area contributed by atoms with Crippen molar-refractivity contribution in [3.8, 4) is 0 Å². The van der Waals surface area contributed by atoms with Gasteiger partial charge in [0.05, 0.1) is 10.6 Å². The molecule has 106 valence electrons. The van der Waals surface area contributed by atoms with E-state index in [0.29, 0.717) is 10.6 Å². The second kappa shape index (κ2) is 6.36. The molecule has 0 fully saturated rings. The van der Waals surface area contributed by atoms with E-state index in [1.165, 1.54) is 4.31 Å². The monoisotopic (exact) mass is 419 g/mol. The van der Waals surface area contributed by atoms with Crippen LogP contribution in [0.5, 0.6) is 0 Å². The minimum atomic E-state index is -3.51. The summed E-state index contributed by atoms with van der Waals surface area (Å²) in [5.41, 5.74) is 0.652. The minimum absolute atomic E-state index is 0.302. The number of thioether (sulfide) groups is 1. The summed E-state index contributed by atoms with van der Waals surface area (Å²) in [6, 6.07) is 14.3. The molecule has 6 heteroatoms. The zero-order valence-electron chi connectivity index (χ0n) is 11.1. The quantitative estimate of drug-likeness (QED) is 0.559. The van der Waals surface area contributed by atoms with Crippen LogP contribution in [0.3, 0.4) is 0 Å². The lowest BCUT2D eigenvalue weighted by molar-refractivity contribution is 0.594. The normalized spacial score (nSPS) is 11.3. The highest BCUT2D eigenvalue weighted by Crippen LogP contribution is 2.24. The van der Waals surface area contributed by atoms with Crippen molar-refractivity contribution in [2.24, 2.45) is 0 Å². The smallest absolute Gasteiger partial charge is 0.264 e. The summed E-state index contributed by atoms with van der Waals surface area (Å²) in [7, 11) is -1.94. The van der Waals surface area contributed by atoms with Crippen LogP contribution in [-0.4, -0.2) is 21.7 Å². The average molecular weight is 419 g/mol. The van der Waals surface area contributed by atoms with Crippen LogP contribution in [0, 0.1) is 3.57 Å². The average Bonchev–Trinajstić information content (AvgIpc) is 2.47. The van der Waals surface area contributed by atoms with Gasteiger partial charge >= 0.3 is 0 Å². The van der Waals surface area contributed by atoms with E-state index in [4.69, 9.17) is 0 Å². The molecule has 0 aromatic heterocycles. The molecule has 3 nitrogen and oxygen atoms in total. The van der Waals surface area contributed by atoms with Crippen LogP contribution >= 0.6 is 34.4 Å². The van der Waals surface area contributed by atoms with Crippen molar-refractivity contribution in [1.82, 2.24) is 0 Å². The van der Waals surface area contributed by atoms with Crippen molar-refractivity contribution >= 4 is 50.1 Å². The van der Waals surface area contributed by atoms with Crippen molar-refractivity contribution in [1.29, 1.82) is 0 Å². The SMILES string of the molecule is CSc1ccc(S(=O)(=O)N(C)c2ccc(I)cc2)cc1. The maximum Gasteiger partial charge on any atom is 0.264 e. The molecule has 0 amide bonds. The molecule has 0 saturated carbocycles. The molecule has 0 unspecified atom stereocenters. The Hall–Kier alpha value is -0.730. The van der Waals surface area contributed by atoms with E-state index in [2.05, 4.69) is 22.6 Å².